The molecule has 0 saturated carbocycles. The number of aliphatic hydroxyl groups excluding tert-OH is 1. The highest BCUT2D eigenvalue weighted by Crippen LogP contribution is 2.69. The summed E-state index contributed by atoms with van der Waals surface area (Å²) < 4.78 is 10.2. The summed E-state index contributed by atoms with van der Waals surface area (Å²) in [6, 6.07) is -1.26. The van der Waals surface area contributed by atoms with Crippen LogP contribution in [0.15, 0.2) is 12.7 Å². The molecule has 4 aliphatic rings. The van der Waals surface area contributed by atoms with Gasteiger partial charge in [0.25, 0.3) is 0 Å². The molecule has 1 spiro atoms. The minimum absolute atomic E-state index is 0.0479. The van der Waals surface area contributed by atoms with Crippen LogP contribution in [0.3, 0.4) is 0 Å². The van der Waals surface area contributed by atoms with Gasteiger partial charge in [0.05, 0.1) is 49.1 Å². The van der Waals surface area contributed by atoms with Gasteiger partial charge in [-0.05, 0) is 25.2 Å². The molecule has 3 unspecified atom stereocenters. The predicted molar refractivity (Wildman–Crippen MR) is 142 cm³/mol. The van der Waals surface area contributed by atoms with E-state index in [2.05, 4.69) is 18.4 Å². The molecule has 4 rings (SSSR count). The third kappa shape index (κ3) is 4.83. The highest BCUT2D eigenvalue weighted by Gasteiger charge is 2.77. The van der Waals surface area contributed by atoms with Crippen LogP contribution < -0.4 is 0 Å². The van der Waals surface area contributed by atoms with Crippen LogP contribution in [0, 0.1) is 23.7 Å². The van der Waals surface area contributed by atoms with Crippen molar-refractivity contribution in [1.29, 1.82) is 0 Å². The summed E-state index contributed by atoms with van der Waals surface area (Å²) in [4.78, 5) is 47.6. The van der Waals surface area contributed by atoms with Gasteiger partial charge in [0, 0.05) is 38.0 Å². The maximum absolute atomic E-state index is 14.5. The van der Waals surface area contributed by atoms with Gasteiger partial charge in [0.15, 0.2) is 0 Å². The van der Waals surface area contributed by atoms with Crippen LogP contribution in [-0.4, -0.2) is 119 Å². The number of ether oxygens (including phenoxy) is 2. The van der Waals surface area contributed by atoms with E-state index in [1.807, 2.05) is 13.8 Å². The normalized spacial score (nSPS) is 34.1. The Kier molecular flexibility index (Phi) is 8.93. The van der Waals surface area contributed by atoms with Crippen molar-refractivity contribution >= 4 is 29.5 Å². The number of esters is 1. The first-order valence-corrected chi connectivity index (χ1v) is 14.6. The number of morpholine rings is 1. The van der Waals surface area contributed by atoms with Crippen LogP contribution in [-0.2, 0) is 23.9 Å². The summed E-state index contributed by atoms with van der Waals surface area (Å²) >= 11 is 1.64. The lowest BCUT2D eigenvalue weighted by Crippen LogP contribution is -2.60. The number of aliphatic hydroxyl groups is 1. The molecular formula is C27H43N3O6S. The van der Waals surface area contributed by atoms with Gasteiger partial charge in [-0.15, -0.1) is 18.3 Å². The zero-order chi connectivity index (χ0) is 26.9. The Morgan fingerprint density at radius 2 is 2.05 bits per heavy atom. The summed E-state index contributed by atoms with van der Waals surface area (Å²) in [7, 11) is 0. The smallest absolute Gasteiger partial charge is 0.310 e. The van der Waals surface area contributed by atoms with Gasteiger partial charge in [0.2, 0.25) is 11.8 Å². The van der Waals surface area contributed by atoms with E-state index in [0.29, 0.717) is 32.8 Å². The lowest BCUT2D eigenvalue weighted by molar-refractivity contribution is -0.154. The largest absolute Gasteiger partial charge is 0.466 e. The Balaban J connectivity index is 1.72. The fourth-order valence-electron chi connectivity index (χ4n) is 6.93. The number of rotatable bonds is 11. The van der Waals surface area contributed by atoms with Crippen molar-refractivity contribution in [3.63, 3.8) is 0 Å². The van der Waals surface area contributed by atoms with Gasteiger partial charge in [0.1, 0.15) is 6.04 Å². The number of carbonyl (C=O) groups is 3. The molecule has 2 amide bonds. The SMILES string of the molecule is C=CCN(CCN1CCOCC1)C(=O)C1N([C@@H](CO)C(C)C)C(=O)[C@@H]2[C@H](C(=O)OCC)[C@@H]3CC(C)C12S3. The molecule has 7 atom stereocenters. The highest BCUT2D eigenvalue weighted by atomic mass is 32.2. The number of hydrogen-bond donors (Lipinski definition) is 1. The van der Waals surface area contributed by atoms with Gasteiger partial charge in [-0.1, -0.05) is 26.8 Å². The maximum Gasteiger partial charge on any atom is 0.310 e. The van der Waals surface area contributed by atoms with Gasteiger partial charge < -0.3 is 24.4 Å². The number of amides is 2. The highest BCUT2D eigenvalue weighted by molar-refractivity contribution is 8.02. The van der Waals surface area contributed by atoms with Crippen LogP contribution in [0.2, 0.25) is 0 Å². The molecule has 208 valence electrons. The van der Waals surface area contributed by atoms with Gasteiger partial charge >= 0.3 is 5.97 Å². The fraction of sp³-hybridized carbons (Fsp3) is 0.815. The zero-order valence-corrected chi connectivity index (χ0v) is 23.5. The summed E-state index contributed by atoms with van der Waals surface area (Å²) in [5, 5.41) is 10.3. The van der Waals surface area contributed by atoms with Crippen molar-refractivity contribution in [3.8, 4) is 0 Å². The molecule has 0 aromatic heterocycles. The molecule has 2 bridgehead atoms. The Hall–Kier alpha value is -1.62. The Labute approximate surface area is 224 Å². The summed E-state index contributed by atoms with van der Waals surface area (Å²) in [6.07, 6.45) is 2.49. The predicted octanol–water partition coefficient (Wildman–Crippen LogP) is 1.25. The first-order valence-electron chi connectivity index (χ1n) is 13.7. The monoisotopic (exact) mass is 537 g/mol. The summed E-state index contributed by atoms with van der Waals surface area (Å²) in [5.41, 5.74) is 0. The third-order valence-electron chi connectivity index (χ3n) is 8.74. The lowest BCUT2D eigenvalue weighted by atomic mass is 9.66. The van der Waals surface area contributed by atoms with E-state index in [0.717, 1.165) is 19.5 Å². The van der Waals surface area contributed by atoms with Gasteiger partial charge in [-0.25, -0.2) is 0 Å². The number of thioether (sulfide) groups is 1. The Bertz CT molecular complexity index is 880. The molecule has 4 saturated heterocycles. The average Bonchev–Trinajstić information content (AvgIpc) is 3.46. The van der Waals surface area contributed by atoms with Crippen molar-refractivity contribution < 1.29 is 29.0 Å². The summed E-state index contributed by atoms with van der Waals surface area (Å²) in [5.74, 6) is -1.85. The Morgan fingerprint density at radius 3 is 2.65 bits per heavy atom. The number of hydrogen-bond acceptors (Lipinski definition) is 8. The molecular weight excluding hydrogens is 494 g/mol. The molecule has 0 radical (unpaired) electrons. The van der Waals surface area contributed by atoms with Crippen molar-refractivity contribution in [2.24, 2.45) is 23.7 Å². The molecule has 4 fully saturated rings. The quantitative estimate of drug-likeness (QED) is 0.311. The van der Waals surface area contributed by atoms with E-state index in [9.17, 15) is 19.5 Å². The molecule has 0 aromatic rings. The van der Waals surface area contributed by atoms with Crippen molar-refractivity contribution in [2.75, 3.05) is 59.2 Å². The molecule has 9 nitrogen and oxygen atoms in total. The fourth-order valence-corrected chi connectivity index (χ4v) is 9.32. The first kappa shape index (κ1) is 28.4. The zero-order valence-electron chi connectivity index (χ0n) is 22.6. The summed E-state index contributed by atoms with van der Waals surface area (Å²) in [6.45, 7) is 16.3. The van der Waals surface area contributed by atoms with Gasteiger partial charge in [-0.2, -0.15) is 0 Å². The van der Waals surface area contributed by atoms with Crippen LogP contribution in [0.1, 0.15) is 34.1 Å². The van der Waals surface area contributed by atoms with E-state index >= 15 is 0 Å². The second-order valence-corrected chi connectivity index (χ2v) is 12.6. The molecule has 4 heterocycles. The standard InChI is InChI=1S/C27H43N3O6S/c1-6-8-29(10-9-28-11-13-35-14-12-28)25(33)23-27-18(5)15-20(37-27)21(26(34)36-7-2)22(27)24(32)30(23)19(16-31)17(3)4/h6,17-23,31H,1,7-16H2,2-5H3/t18?,19-,20-,21+,22-,23?,27?/m0/s1. The minimum atomic E-state index is -0.751. The minimum Gasteiger partial charge on any atom is -0.466 e. The number of nitrogens with zero attached hydrogens (tertiary/aromatic N) is 3. The van der Waals surface area contributed by atoms with E-state index in [-0.39, 0.29) is 48.1 Å². The van der Waals surface area contributed by atoms with Crippen molar-refractivity contribution in [2.45, 2.75) is 56.2 Å². The second kappa shape index (κ2) is 11.6. The van der Waals surface area contributed by atoms with Gasteiger partial charge in [-0.3, -0.25) is 19.3 Å². The number of carbonyl (C=O) groups excluding carboxylic acids is 3. The molecule has 0 aromatic carbocycles. The molecule has 4 aliphatic heterocycles. The van der Waals surface area contributed by atoms with Crippen LogP contribution in [0.5, 0.6) is 0 Å². The van der Waals surface area contributed by atoms with E-state index < -0.39 is 28.7 Å². The average molecular weight is 538 g/mol. The Morgan fingerprint density at radius 1 is 1.35 bits per heavy atom. The number of fused-ring (bicyclic) bond motifs is 1. The van der Waals surface area contributed by atoms with Crippen LogP contribution in [0.4, 0.5) is 0 Å². The van der Waals surface area contributed by atoms with Crippen LogP contribution >= 0.6 is 11.8 Å². The molecule has 10 heteroatoms. The second-order valence-electron chi connectivity index (χ2n) is 11.1. The number of likely N-dealkylation sites (tertiary alicyclic amines) is 1. The first-order chi connectivity index (χ1) is 17.7. The van der Waals surface area contributed by atoms with Crippen molar-refractivity contribution in [3.05, 3.63) is 12.7 Å². The van der Waals surface area contributed by atoms with Crippen LogP contribution in [0.25, 0.3) is 0 Å². The molecule has 1 N–H and O–H groups in total. The van der Waals surface area contributed by atoms with Crippen molar-refractivity contribution in [1.82, 2.24) is 14.7 Å². The lowest BCUT2D eigenvalue weighted by Gasteiger charge is -2.43. The third-order valence-corrected chi connectivity index (χ3v) is 10.8. The molecule has 0 aliphatic carbocycles. The topological polar surface area (TPSA) is 99.6 Å². The van der Waals surface area contributed by atoms with E-state index in [1.54, 1.807) is 34.6 Å². The van der Waals surface area contributed by atoms with E-state index in [1.165, 1.54) is 0 Å². The maximum atomic E-state index is 14.5. The molecule has 37 heavy (non-hydrogen) atoms. The van der Waals surface area contributed by atoms with E-state index in [4.69, 9.17) is 9.47 Å².